The highest BCUT2D eigenvalue weighted by Crippen LogP contribution is 2.10. The number of urea groups is 1. The van der Waals surface area contributed by atoms with E-state index in [1.807, 2.05) is 4.90 Å². The molecule has 0 atom stereocenters. The van der Waals surface area contributed by atoms with Gasteiger partial charge < -0.3 is 15.1 Å². The molecule has 0 radical (unpaired) electrons. The highest BCUT2D eigenvalue weighted by Gasteiger charge is 2.32. The number of anilines is 1. The molecule has 116 valence electrons. The van der Waals surface area contributed by atoms with E-state index in [-0.39, 0.29) is 24.9 Å². The van der Waals surface area contributed by atoms with Crippen LogP contribution < -0.4 is 10.2 Å². The highest BCUT2D eigenvalue weighted by molar-refractivity contribution is 6.04. The van der Waals surface area contributed by atoms with Gasteiger partial charge in [-0.05, 0) is 6.07 Å². The number of hydrogen-bond acceptors (Lipinski definition) is 6. The third kappa shape index (κ3) is 2.83. The Kier molecular flexibility index (Phi) is 3.86. The number of imide groups is 1. The smallest absolute Gasteiger partial charge is 0.325 e. The lowest BCUT2D eigenvalue weighted by Gasteiger charge is -2.35. The van der Waals surface area contributed by atoms with Crippen LogP contribution in [0.2, 0.25) is 0 Å². The Morgan fingerprint density at radius 3 is 2.41 bits per heavy atom. The quantitative estimate of drug-likeness (QED) is 0.695. The summed E-state index contributed by atoms with van der Waals surface area (Å²) in [4.78, 5) is 48.1. The van der Waals surface area contributed by atoms with Crippen molar-refractivity contribution in [2.24, 2.45) is 0 Å². The average Bonchev–Trinajstić information content (AvgIpc) is 2.88. The van der Waals surface area contributed by atoms with Gasteiger partial charge >= 0.3 is 6.03 Å². The van der Waals surface area contributed by atoms with Gasteiger partial charge in [0.05, 0.1) is 6.54 Å². The molecule has 1 N–H and O–H groups in total. The molecule has 9 heteroatoms. The fraction of sp³-hybridized carbons (Fsp3) is 0.462. The topological polar surface area (TPSA) is 98.7 Å². The molecule has 2 fully saturated rings. The zero-order chi connectivity index (χ0) is 15.5. The second-order valence-electron chi connectivity index (χ2n) is 5.06. The normalized spacial score (nSPS) is 18.6. The lowest BCUT2D eigenvalue weighted by molar-refractivity contribution is -0.136. The van der Waals surface area contributed by atoms with E-state index in [0.29, 0.717) is 32.1 Å². The largest absolute Gasteiger partial charge is 0.338 e. The second kappa shape index (κ2) is 5.96. The van der Waals surface area contributed by atoms with Crippen molar-refractivity contribution in [3.8, 4) is 0 Å². The van der Waals surface area contributed by atoms with Gasteiger partial charge in [0.1, 0.15) is 6.54 Å². The fourth-order valence-electron chi connectivity index (χ4n) is 2.46. The summed E-state index contributed by atoms with van der Waals surface area (Å²) < 4.78 is 0. The van der Waals surface area contributed by atoms with E-state index in [4.69, 9.17) is 0 Å². The zero-order valence-electron chi connectivity index (χ0n) is 11.9. The van der Waals surface area contributed by atoms with Crippen molar-refractivity contribution in [1.82, 2.24) is 25.1 Å². The first-order valence-electron chi connectivity index (χ1n) is 7.03. The number of nitrogens with one attached hydrogen (secondary N) is 1. The molecule has 0 aromatic carbocycles. The van der Waals surface area contributed by atoms with E-state index >= 15 is 0 Å². The molecule has 3 heterocycles. The molecule has 0 bridgehead atoms. The minimum Gasteiger partial charge on any atom is -0.338 e. The monoisotopic (exact) mass is 304 g/mol. The number of aromatic nitrogens is 2. The molecule has 0 spiro atoms. The first kappa shape index (κ1) is 14.2. The highest BCUT2D eigenvalue weighted by atomic mass is 16.2. The number of amides is 4. The molecule has 9 nitrogen and oxygen atoms in total. The maximum atomic E-state index is 12.2. The molecule has 4 amide bonds. The Morgan fingerprint density at radius 1 is 1.14 bits per heavy atom. The fourth-order valence-corrected chi connectivity index (χ4v) is 2.46. The van der Waals surface area contributed by atoms with Gasteiger partial charge in [0, 0.05) is 38.6 Å². The van der Waals surface area contributed by atoms with Crippen LogP contribution in [-0.4, -0.2) is 76.9 Å². The Bertz CT molecular complexity index is 569. The van der Waals surface area contributed by atoms with Crippen LogP contribution in [0.15, 0.2) is 18.5 Å². The van der Waals surface area contributed by atoms with Crippen LogP contribution in [0.1, 0.15) is 0 Å². The molecule has 1 aromatic rings. The lowest BCUT2D eigenvalue weighted by atomic mass is 10.3. The average molecular weight is 304 g/mol. The standard InChI is InChI=1S/C13H16N6O3/c20-10-8-16-13(22)19(10)9-11(21)17-4-6-18(7-5-17)12-14-2-1-3-15-12/h1-3H,4-9H2,(H,16,22). The molecule has 3 rings (SSSR count). The number of carbonyl (C=O) groups excluding carboxylic acids is 3. The van der Waals surface area contributed by atoms with Crippen LogP contribution in [0.3, 0.4) is 0 Å². The van der Waals surface area contributed by atoms with Gasteiger partial charge in [-0.2, -0.15) is 0 Å². The van der Waals surface area contributed by atoms with Crippen molar-refractivity contribution in [2.45, 2.75) is 0 Å². The lowest BCUT2D eigenvalue weighted by Crippen LogP contribution is -2.52. The van der Waals surface area contributed by atoms with Crippen LogP contribution in [0.4, 0.5) is 10.7 Å². The predicted molar refractivity (Wildman–Crippen MR) is 75.9 cm³/mol. The minimum atomic E-state index is -0.505. The summed E-state index contributed by atoms with van der Waals surface area (Å²) >= 11 is 0. The number of piperazine rings is 1. The third-order valence-corrected chi connectivity index (χ3v) is 3.70. The molecular formula is C13H16N6O3. The summed E-state index contributed by atoms with van der Waals surface area (Å²) in [7, 11) is 0. The van der Waals surface area contributed by atoms with E-state index in [9.17, 15) is 14.4 Å². The molecule has 2 aliphatic rings. The van der Waals surface area contributed by atoms with E-state index < -0.39 is 6.03 Å². The Labute approximate surface area is 126 Å². The van der Waals surface area contributed by atoms with Crippen molar-refractivity contribution in [3.05, 3.63) is 18.5 Å². The van der Waals surface area contributed by atoms with Crippen molar-refractivity contribution < 1.29 is 14.4 Å². The summed E-state index contributed by atoms with van der Waals surface area (Å²) in [6.07, 6.45) is 3.36. The van der Waals surface area contributed by atoms with Gasteiger partial charge in [0.25, 0.3) is 5.91 Å². The molecule has 1 aromatic heterocycles. The van der Waals surface area contributed by atoms with E-state index in [1.54, 1.807) is 23.4 Å². The van der Waals surface area contributed by atoms with E-state index in [2.05, 4.69) is 15.3 Å². The Hall–Kier alpha value is -2.71. The van der Waals surface area contributed by atoms with Gasteiger partial charge in [-0.1, -0.05) is 0 Å². The van der Waals surface area contributed by atoms with Gasteiger partial charge in [0.2, 0.25) is 11.9 Å². The van der Waals surface area contributed by atoms with Crippen LogP contribution >= 0.6 is 0 Å². The molecule has 0 saturated carbocycles. The maximum absolute atomic E-state index is 12.2. The van der Waals surface area contributed by atoms with E-state index in [0.717, 1.165) is 4.90 Å². The van der Waals surface area contributed by atoms with Gasteiger partial charge in [-0.3, -0.25) is 14.5 Å². The Balaban J connectivity index is 1.54. The second-order valence-corrected chi connectivity index (χ2v) is 5.06. The molecule has 2 aliphatic heterocycles. The molecule has 0 aliphatic carbocycles. The SMILES string of the molecule is O=C(CN1C(=O)CNC1=O)N1CCN(c2ncccn2)CC1. The van der Waals surface area contributed by atoms with Crippen molar-refractivity contribution in [1.29, 1.82) is 0 Å². The predicted octanol–water partition coefficient (Wildman–Crippen LogP) is -1.32. The number of nitrogens with zero attached hydrogens (tertiary/aromatic N) is 5. The third-order valence-electron chi connectivity index (χ3n) is 3.70. The summed E-state index contributed by atoms with van der Waals surface area (Å²) in [5, 5.41) is 2.40. The first-order valence-corrected chi connectivity index (χ1v) is 7.03. The Morgan fingerprint density at radius 2 is 1.82 bits per heavy atom. The minimum absolute atomic E-state index is 0.0365. The van der Waals surface area contributed by atoms with Gasteiger partial charge in [-0.25, -0.2) is 14.8 Å². The molecular weight excluding hydrogens is 288 g/mol. The maximum Gasteiger partial charge on any atom is 0.325 e. The van der Waals surface area contributed by atoms with Crippen LogP contribution in [-0.2, 0) is 9.59 Å². The van der Waals surface area contributed by atoms with E-state index in [1.165, 1.54) is 0 Å². The summed E-state index contributed by atoms with van der Waals surface area (Å²) in [6, 6.07) is 1.25. The summed E-state index contributed by atoms with van der Waals surface area (Å²) in [5.41, 5.74) is 0. The molecule has 22 heavy (non-hydrogen) atoms. The summed E-state index contributed by atoms with van der Waals surface area (Å²) in [5.74, 6) is 0.0531. The van der Waals surface area contributed by atoms with Crippen molar-refractivity contribution >= 4 is 23.8 Å². The molecule has 0 unspecified atom stereocenters. The first-order chi connectivity index (χ1) is 10.6. The van der Waals surface area contributed by atoms with Gasteiger partial charge in [-0.15, -0.1) is 0 Å². The van der Waals surface area contributed by atoms with Crippen molar-refractivity contribution in [3.63, 3.8) is 0 Å². The molecule has 2 saturated heterocycles. The zero-order valence-corrected chi connectivity index (χ0v) is 11.9. The number of rotatable bonds is 3. The number of carbonyl (C=O) groups is 3. The summed E-state index contributed by atoms with van der Waals surface area (Å²) in [6.45, 7) is 2.03. The van der Waals surface area contributed by atoms with Crippen LogP contribution in [0, 0.1) is 0 Å². The van der Waals surface area contributed by atoms with Crippen LogP contribution in [0.25, 0.3) is 0 Å². The number of hydrogen-bond donors (Lipinski definition) is 1. The van der Waals surface area contributed by atoms with Gasteiger partial charge in [0.15, 0.2) is 0 Å². The van der Waals surface area contributed by atoms with Crippen LogP contribution in [0.5, 0.6) is 0 Å². The van der Waals surface area contributed by atoms with Crippen molar-refractivity contribution in [2.75, 3.05) is 44.2 Å².